The molecule has 114 valence electrons. The molecule has 0 aliphatic carbocycles. The lowest BCUT2D eigenvalue weighted by atomic mass is 10.2. The largest absolute Gasteiger partial charge is 0.314 e. The maximum absolute atomic E-state index is 11.7. The fraction of sp³-hybridized carbons (Fsp3) is 0.500. The highest BCUT2D eigenvalue weighted by Gasteiger charge is 2.10. The van der Waals surface area contributed by atoms with E-state index in [0.717, 1.165) is 25.2 Å². The van der Waals surface area contributed by atoms with Crippen molar-refractivity contribution in [2.75, 3.05) is 6.54 Å². The first kappa shape index (κ1) is 15.5. The molecule has 0 aliphatic heterocycles. The van der Waals surface area contributed by atoms with E-state index in [1.807, 2.05) is 23.9 Å². The van der Waals surface area contributed by atoms with Crippen molar-refractivity contribution in [1.82, 2.24) is 19.7 Å². The van der Waals surface area contributed by atoms with E-state index in [0.29, 0.717) is 13.1 Å². The quantitative estimate of drug-likeness (QED) is 0.791. The Kier molecular flexibility index (Phi) is 5.33. The molecule has 0 saturated carbocycles. The van der Waals surface area contributed by atoms with Gasteiger partial charge in [0.25, 0.3) is 5.56 Å². The summed E-state index contributed by atoms with van der Waals surface area (Å²) in [6.07, 6.45) is 2.95. The normalized spacial score (nSPS) is 11.0. The van der Waals surface area contributed by atoms with Gasteiger partial charge in [0.05, 0.1) is 12.2 Å². The fourth-order valence-corrected chi connectivity index (χ4v) is 2.45. The highest BCUT2D eigenvalue weighted by molar-refractivity contribution is 5.24. The molecule has 0 atom stereocenters. The first-order valence-corrected chi connectivity index (χ1v) is 7.52. The Morgan fingerprint density at radius 2 is 2.05 bits per heavy atom. The van der Waals surface area contributed by atoms with Gasteiger partial charge in [-0.2, -0.15) is 5.10 Å². The van der Waals surface area contributed by atoms with Crippen molar-refractivity contribution in [3.05, 3.63) is 51.7 Å². The predicted molar refractivity (Wildman–Crippen MR) is 84.4 cm³/mol. The van der Waals surface area contributed by atoms with E-state index >= 15 is 0 Å². The SMILES string of the molecule is CCCNCc1c(C)nn(CCn2ccccc2=O)c1C. The third-order valence-corrected chi connectivity index (χ3v) is 3.71. The van der Waals surface area contributed by atoms with Crippen LogP contribution in [0.1, 0.15) is 30.3 Å². The second-order valence-electron chi connectivity index (χ2n) is 5.28. The summed E-state index contributed by atoms with van der Waals surface area (Å²) < 4.78 is 3.71. The van der Waals surface area contributed by atoms with Crippen molar-refractivity contribution in [3.63, 3.8) is 0 Å². The van der Waals surface area contributed by atoms with E-state index in [2.05, 4.69) is 24.3 Å². The number of aromatic nitrogens is 3. The molecule has 0 unspecified atom stereocenters. The van der Waals surface area contributed by atoms with E-state index in [9.17, 15) is 4.79 Å². The first-order valence-electron chi connectivity index (χ1n) is 7.52. The van der Waals surface area contributed by atoms with Gasteiger partial charge < -0.3 is 9.88 Å². The van der Waals surface area contributed by atoms with Gasteiger partial charge in [-0.1, -0.05) is 13.0 Å². The van der Waals surface area contributed by atoms with Gasteiger partial charge in [0.15, 0.2) is 0 Å². The van der Waals surface area contributed by atoms with Crippen molar-refractivity contribution in [2.45, 2.75) is 46.8 Å². The summed E-state index contributed by atoms with van der Waals surface area (Å²) in [4.78, 5) is 11.7. The Balaban J connectivity index is 2.06. The molecule has 2 aromatic heterocycles. The summed E-state index contributed by atoms with van der Waals surface area (Å²) >= 11 is 0. The van der Waals surface area contributed by atoms with Crippen molar-refractivity contribution in [2.24, 2.45) is 0 Å². The van der Waals surface area contributed by atoms with Crippen LogP contribution in [0.2, 0.25) is 0 Å². The highest BCUT2D eigenvalue weighted by Crippen LogP contribution is 2.12. The van der Waals surface area contributed by atoms with E-state index < -0.39 is 0 Å². The Labute approximate surface area is 125 Å². The van der Waals surface area contributed by atoms with E-state index in [-0.39, 0.29) is 5.56 Å². The van der Waals surface area contributed by atoms with Crippen LogP contribution in [-0.2, 0) is 19.6 Å². The Bertz CT molecular complexity index is 642. The Morgan fingerprint density at radius 1 is 1.24 bits per heavy atom. The zero-order valence-corrected chi connectivity index (χ0v) is 13.1. The number of nitrogens with zero attached hydrogens (tertiary/aromatic N) is 3. The fourth-order valence-electron chi connectivity index (χ4n) is 2.45. The molecule has 1 N–H and O–H groups in total. The molecule has 0 saturated heterocycles. The summed E-state index contributed by atoms with van der Waals surface area (Å²) in [6, 6.07) is 5.23. The number of hydrogen-bond acceptors (Lipinski definition) is 3. The molecule has 2 aromatic rings. The molecule has 0 amide bonds. The number of rotatable bonds is 7. The van der Waals surface area contributed by atoms with Crippen LogP contribution in [0.25, 0.3) is 0 Å². The van der Waals surface area contributed by atoms with Crippen LogP contribution in [-0.4, -0.2) is 20.9 Å². The van der Waals surface area contributed by atoms with Crippen molar-refractivity contribution >= 4 is 0 Å². The molecular weight excluding hydrogens is 264 g/mol. The van der Waals surface area contributed by atoms with Crippen LogP contribution < -0.4 is 10.9 Å². The third kappa shape index (κ3) is 3.82. The third-order valence-electron chi connectivity index (χ3n) is 3.71. The second kappa shape index (κ2) is 7.22. The molecule has 0 fully saturated rings. The molecule has 5 nitrogen and oxygen atoms in total. The first-order chi connectivity index (χ1) is 10.1. The van der Waals surface area contributed by atoms with Crippen LogP contribution in [0.3, 0.4) is 0 Å². The Hall–Kier alpha value is -1.88. The van der Waals surface area contributed by atoms with Crippen LogP contribution in [0.4, 0.5) is 0 Å². The topological polar surface area (TPSA) is 51.9 Å². The number of hydrogen-bond donors (Lipinski definition) is 1. The van der Waals surface area contributed by atoms with Crippen molar-refractivity contribution in [3.8, 4) is 0 Å². The van der Waals surface area contributed by atoms with Gasteiger partial charge in [0.1, 0.15) is 0 Å². The summed E-state index contributed by atoms with van der Waals surface area (Å²) in [6.45, 7) is 9.53. The van der Waals surface area contributed by atoms with E-state index in [1.54, 1.807) is 16.7 Å². The Morgan fingerprint density at radius 3 is 2.76 bits per heavy atom. The van der Waals surface area contributed by atoms with Gasteiger partial charge in [0, 0.05) is 36.6 Å². The lowest BCUT2D eigenvalue weighted by Crippen LogP contribution is -2.21. The van der Waals surface area contributed by atoms with Gasteiger partial charge in [-0.3, -0.25) is 9.48 Å². The van der Waals surface area contributed by atoms with Gasteiger partial charge >= 0.3 is 0 Å². The van der Waals surface area contributed by atoms with Crippen molar-refractivity contribution in [1.29, 1.82) is 0 Å². The van der Waals surface area contributed by atoms with E-state index in [1.165, 1.54) is 11.3 Å². The molecule has 2 heterocycles. The lowest BCUT2D eigenvalue weighted by molar-refractivity contribution is 0.511. The average molecular weight is 288 g/mol. The molecule has 0 aliphatic rings. The summed E-state index contributed by atoms with van der Waals surface area (Å²) in [5, 5.41) is 8.02. The highest BCUT2D eigenvalue weighted by atomic mass is 16.1. The zero-order chi connectivity index (χ0) is 15.2. The summed E-state index contributed by atoms with van der Waals surface area (Å²) in [5.41, 5.74) is 3.55. The zero-order valence-electron chi connectivity index (χ0n) is 13.1. The van der Waals surface area contributed by atoms with Crippen molar-refractivity contribution < 1.29 is 0 Å². The molecule has 0 radical (unpaired) electrons. The molecule has 0 spiro atoms. The van der Waals surface area contributed by atoms with Gasteiger partial charge in [-0.15, -0.1) is 0 Å². The minimum Gasteiger partial charge on any atom is -0.314 e. The lowest BCUT2D eigenvalue weighted by Gasteiger charge is -2.08. The minimum atomic E-state index is 0.0314. The average Bonchev–Trinajstić information content (AvgIpc) is 2.74. The molecule has 0 aromatic carbocycles. The number of pyridine rings is 1. The maximum atomic E-state index is 11.7. The van der Waals surface area contributed by atoms with E-state index in [4.69, 9.17) is 0 Å². The van der Waals surface area contributed by atoms with Crippen LogP contribution in [0.15, 0.2) is 29.2 Å². The molecule has 2 rings (SSSR count). The molecule has 21 heavy (non-hydrogen) atoms. The molecule has 5 heteroatoms. The molecule has 0 bridgehead atoms. The maximum Gasteiger partial charge on any atom is 0.250 e. The van der Waals surface area contributed by atoms with Crippen LogP contribution in [0, 0.1) is 13.8 Å². The monoisotopic (exact) mass is 288 g/mol. The van der Waals surface area contributed by atoms with Gasteiger partial charge in [-0.25, -0.2) is 0 Å². The van der Waals surface area contributed by atoms with Gasteiger partial charge in [0.2, 0.25) is 0 Å². The summed E-state index contributed by atoms with van der Waals surface area (Å²) in [5.74, 6) is 0. The number of aryl methyl sites for hydroxylation is 3. The van der Waals surface area contributed by atoms with Crippen LogP contribution >= 0.6 is 0 Å². The smallest absolute Gasteiger partial charge is 0.250 e. The predicted octanol–water partition coefficient (Wildman–Crippen LogP) is 1.86. The van der Waals surface area contributed by atoms with Crippen LogP contribution in [0.5, 0.6) is 0 Å². The second-order valence-corrected chi connectivity index (χ2v) is 5.28. The standard InChI is InChI=1S/C16H24N4O/c1-4-8-17-12-15-13(2)18-20(14(15)3)11-10-19-9-6-5-7-16(19)21/h5-7,9,17H,4,8,10-12H2,1-3H3. The summed E-state index contributed by atoms with van der Waals surface area (Å²) in [7, 11) is 0. The molecular formula is C16H24N4O. The van der Waals surface area contributed by atoms with Gasteiger partial charge in [-0.05, 0) is 32.9 Å². The number of nitrogens with one attached hydrogen (secondary N) is 1. The minimum absolute atomic E-state index is 0.0314.